The number of hydrogen-bond acceptors (Lipinski definition) is 0. The average molecular weight is 614 g/mol. The standard InChI is InChI=1S/C47H35N/c1-2-9-31-25-36(17-13-29(31)7-1)48-44-19-16-32(26-40(44)46-37-10-4-3-8-30(37)15-20-45(46)48)33-14-18-39-38-11-5-6-12-41(38)47(43(39)27-33)35-22-28-21-34(24-35)42(47)23-28/h1-20,25-28,34-35,42H,21-24H2. The molecule has 0 radical (unpaired) electrons. The van der Waals surface area contributed by atoms with Crippen molar-refractivity contribution in [3.8, 4) is 27.9 Å². The van der Waals surface area contributed by atoms with Crippen molar-refractivity contribution in [3.05, 3.63) is 151 Å². The Labute approximate surface area is 280 Å². The lowest BCUT2D eigenvalue weighted by Crippen LogP contribution is -2.40. The Morgan fingerprint density at radius 2 is 1.25 bits per heavy atom. The summed E-state index contributed by atoms with van der Waals surface area (Å²) in [5, 5.41) is 7.81. The van der Waals surface area contributed by atoms with Gasteiger partial charge in [-0.3, -0.25) is 0 Å². The molecule has 5 atom stereocenters. The Hall–Kier alpha value is -5.14. The lowest BCUT2D eigenvalue weighted by atomic mass is 9.59. The zero-order chi connectivity index (χ0) is 31.1. The van der Waals surface area contributed by atoms with Crippen LogP contribution in [0, 0.1) is 23.7 Å². The fourth-order valence-corrected chi connectivity index (χ4v) is 11.7. The first kappa shape index (κ1) is 25.9. The van der Waals surface area contributed by atoms with E-state index in [1.54, 1.807) is 11.1 Å². The van der Waals surface area contributed by atoms with Gasteiger partial charge in [0.15, 0.2) is 0 Å². The quantitative estimate of drug-likeness (QED) is 0.183. The molecule has 1 aromatic heterocycles. The summed E-state index contributed by atoms with van der Waals surface area (Å²) in [4.78, 5) is 0. The summed E-state index contributed by atoms with van der Waals surface area (Å²) in [5.41, 5.74) is 12.8. The van der Waals surface area contributed by atoms with E-state index in [1.807, 2.05) is 0 Å². The van der Waals surface area contributed by atoms with E-state index in [9.17, 15) is 0 Å². The molecule has 4 bridgehead atoms. The molecule has 0 amide bonds. The van der Waals surface area contributed by atoms with Gasteiger partial charge in [0.25, 0.3) is 0 Å². The normalized spacial score (nSPS) is 24.8. The van der Waals surface area contributed by atoms with E-state index in [1.165, 1.54) is 97.0 Å². The van der Waals surface area contributed by atoms with Crippen molar-refractivity contribution in [2.45, 2.75) is 31.1 Å². The van der Waals surface area contributed by atoms with Gasteiger partial charge >= 0.3 is 0 Å². The number of aromatic nitrogens is 1. The number of fused-ring (bicyclic) bond motifs is 9. The monoisotopic (exact) mass is 613 g/mol. The predicted octanol–water partition coefficient (Wildman–Crippen LogP) is 12.1. The number of hydrogen-bond donors (Lipinski definition) is 0. The van der Waals surface area contributed by atoms with Crippen LogP contribution in [0.4, 0.5) is 0 Å². The van der Waals surface area contributed by atoms with Gasteiger partial charge in [-0.15, -0.1) is 0 Å². The highest BCUT2D eigenvalue weighted by molar-refractivity contribution is 6.22. The first-order chi connectivity index (χ1) is 23.8. The van der Waals surface area contributed by atoms with Gasteiger partial charge in [0.05, 0.1) is 11.0 Å². The van der Waals surface area contributed by atoms with Crippen LogP contribution in [-0.4, -0.2) is 4.57 Å². The van der Waals surface area contributed by atoms with Crippen molar-refractivity contribution in [2.75, 3.05) is 0 Å². The van der Waals surface area contributed by atoms with Crippen molar-refractivity contribution in [1.82, 2.24) is 4.57 Å². The molecule has 4 saturated carbocycles. The minimum atomic E-state index is 0.200. The van der Waals surface area contributed by atoms with Crippen molar-refractivity contribution in [3.63, 3.8) is 0 Å². The van der Waals surface area contributed by atoms with Gasteiger partial charge in [0.2, 0.25) is 0 Å². The molecule has 4 fully saturated rings. The molecule has 1 nitrogen and oxygen atoms in total. The first-order valence-electron chi connectivity index (χ1n) is 18.0. The van der Waals surface area contributed by atoms with Crippen LogP contribution in [-0.2, 0) is 5.41 Å². The maximum atomic E-state index is 2.63. The second kappa shape index (κ2) is 9.05. The molecule has 48 heavy (non-hydrogen) atoms. The van der Waals surface area contributed by atoms with Crippen LogP contribution in [0.2, 0.25) is 0 Å². The second-order valence-corrected chi connectivity index (χ2v) is 15.3. The van der Waals surface area contributed by atoms with Gasteiger partial charge in [0, 0.05) is 21.9 Å². The molecule has 5 unspecified atom stereocenters. The van der Waals surface area contributed by atoms with Gasteiger partial charge in [-0.1, -0.05) is 103 Å². The van der Waals surface area contributed by atoms with Crippen LogP contribution in [0.1, 0.15) is 36.8 Å². The summed E-state index contributed by atoms with van der Waals surface area (Å²) in [6, 6.07) is 53.3. The molecular formula is C47H35N. The minimum absolute atomic E-state index is 0.200. The molecule has 13 rings (SSSR count). The number of nitrogens with zero attached hydrogens (tertiary/aromatic N) is 1. The summed E-state index contributed by atoms with van der Waals surface area (Å²) in [5.74, 6) is 3.45. The summed E-state index contributed by atoms with van der Waals surface area (Å²) in [7, 11) is 0. The lowest BCUT2D eigenvalue weighted by Gasteiger charge is -2.44. The molecule has 1 heterocycles. The Balaban J connectivity index is 1.10. The molecule has 5 aliphatic rings. The molecular weight excluding hydrogens is 579 g/mol. The topological polar surface area (TPSA) is 4.93 Å². The van der Waals surface area contributed by atoms with Crippen molar-refractivity contribution < 1.29 is 0 Å². The van der Waals surface area contributed by atoms with Gasteiger partial charge < -0.3 is 4.57 Å². The van der Waals surface area contributed by atoms with Crippen molar-refractivity contribution in [2.24, 2.45) is 23.7 Å². The third kappa shape index (κ3) is 3.14. The molecule has 1 heteroatoms. The van der Waals surface area contributed by atoms with E-state index in [-0.39, 0.29) is 5.41 Å². The molecule has 0 saturated heterocycles. The number of benzene rings is 7. The fourth-order valence-electron chi connectivity index (χ4n) is 11.7. The smallest absolute Gasteiger partial charge is 0.0547 e. The average Bonchev–Trinajstić information content (AvgIpc) is 3.80. The van der Waals surface area contributed by atoms with Crippen molar-refractivity contribution in [1.29, 1.82) is 0 Å². The maximum absolute atomic E-state index is 2.63. The van der Waals surface area contributed by atoms with E-state index in [0.29, 0.717) is 0 Å². The molecule has 228 valence electrons. The highest BCUT2D eigenvalue weighted by Gasteiger charge is 2.65. The van der Waals surface area contributed by atoms with E-state index < -0.39 is 0 Å². The zero-order valence-electron chi connectivity index (χ0n) is 26.9. The SMILES string of the molecule is c1ccc2c(c1)-c1ccc(-c3ccc4c(c3)c3c5ccccc5ccc3n4-c3ccc4ccccc4c3)cc1C21C2CC3CC(C2)C1C3. The number of rotatable bonds is 2. The molecule has 0 aliphatic heterocycles. The summed E-state index contributed by atoms with van der Waals surface area (Å²) >= 11 is 0. The summed E-state index contributed by atoms with van der Waals surface area (Å²) < 4.78 is 2.48. The van der Waals surface area contributed by atoms with Gasteiger partial charge in [-0.05, 0) is 141 Å². The van der Waals surface area contributed by atoms with E-state index in [2.05, 4.69) is 144 Å². The van der Waals surface area contributed by atoms with Crippen molar-refractivity contribution >= 4 is 43.4 Å². The van der Waals surface area contributed by atoms with E-state index in [4.69, 9.17) is 0 Å². The van der Waals surface area contributed by atoms with Crippen LogP contribution in [0.5, 0.6) is 0 Å². The third-order valence-corrected chi connectivity index (χ3v) is 13.3. The van der Waals surface area contributed by atoms with Crippen LogP contribution in [0.25, 0.3) is 71.3 Å². The zero-order valence-corrected chi connectivity index (χ0v) is 26.9. The first-order valence-corrected chi connectivity index (χ1v) is 18.0. The van der Waals surface area contributed by atoms with E-state index in [0.717, 1.165) is 23.7 Å². The Morgan fingerprint density at radius 3 is 2.19 bits per heavy atom. The second-order valence-electron chi connectivity index (χ2n) is 15.3. The summed E-state index contributed by atoms with van der Waals surface area (Å²) in [6.45, 7) is 0. The van der Waals surface area contributed by atoms with Crippen LogP contribution >= 0.6 is 0 Å². The van der Waals surface area contributed by atoms with Crippen LogP contribution < -0.4 is 0 Å². The largest absolute Gasteiger partial charge is 0.309 e. The van der Waals surface area contributed by atoms with Crippen LogP contribution in [0.15, 0.2) is 140 Å². The fraction of sp³-hybridized carbons (Fsp3) is 0.191. The molecule has 8 aromatic rings. The van der Waals surface area contributed by atoms with Gasteiger partial charge in [-0.25, -0.2) is 0 Å². The van der Waals surface area contributed by atoms with E-state index >= 15 is 0 Å². The third-order valence-electron chi connectivity index (χ3n) is 13.3. The van der Waals surface area contributed by atoms with Gasteiger partial charge in [-0.2, -0.15) is 0 Å². The Bertz CT molecular complexity index is 2670. The summed E-state index contributed by atoms with van der Waals surface area (Å²) in [6.07, 6.45) is 5.73. The maximum Gasteiger partial charge on any atom is 0.0547 e. The predicted molar refractivity (Wildman–Crippen MR) is 200 cm³/mol. The molecule has 5 aliphatic carbocycles. The van der Waals surface area contributed by atoms with Crippen LogP contribution in [0.3, 0.4) is 0 Å². The minimum Gasteiger partial charge on any atom is -0.309 e. The van der Waals surface area contributed by atoms with Gasteiger partial charge in [0.1, 0.15) is 0 Å². The molecule has 0 N–H and O–H groups in total. The highest BCUT2D eigenvalue weighted by atomic mass is 15.0. The highest BCUT2D eigenvalue weighted by Crippen LogP contribution is 2.73. The molecule has 7 aromatic carbocycles. The Morgan fingerprint density at radius 1 is 0.500 bits per heavy atom. The molecule has 1 spiro atoms. The lowest BCUT2D eigenvalue weighted by molar-refractivity contribution is 0.191. The Kier molecular flexibility index (Phi) is 4.88.